The molecule has 0 aromatic carbocycles. The summed E-state index contributed by atoms with van der Waals surface area (Å²) in [4.78, 5) is 18.4. The highest BCUT2D eigenvalue weighted by Crippen LogP contribution is 2.29. The van der Waals surface area contributed by atoms with Crippen LogP contribution in [0, 0.1) is 0 Å². The summed E-state index contributed by atoms with van der Waals surface area (Å²) in [5.74, 6) is 1.96. The number of aromatic nitrogens is 6. The fourth-order valence-corrected chi connectivity index (χ4v) is 5.11. The molecule has 0 saturated carbocycles. The molecule has 0 aliphatic carbocycles. The van der Waals surface area contributed by atoms with Gasteiger partial charge in [-0.2, -0.15) is 5.10 Å². The Kier molecular flexibility index (Phi) is 5.79. The third-order valence-electron chi connectivity index (χ3n) is 6.44. The first-order valence-electron chi connectivity index (χ1n) is 11.5. The van der Waals surface area contributed by atoms with Crippen LogP contribution in [-0.4, -0.2) is 70.6 Å². The molecule has 9 nitrogen and oxygen atoms in total. The minimum Gasteiger partial charge on any atom is -0.361 e. The maximum Gasteiger partial charge on any atom is 0.147 e. The first-order valence-corrected chi connectivity index (χ1v) is 15.2. The first kappa shape index (κ1) is 21.8. The molecule has 1 aliphatic heterocycles. The van der Waals surface area contributed by atoms with Gasteiger partial charge < -0.3 is 19.1 Å². The van der Waals surface area contributed by atoms with Crippen molar-refractivity contribution in [3.63, 3.8) is 0 Å². The number of anilines is 2. The predicted octanol–water partition coefficient (Wildman–Crippen LogP) is 3.73. The Balaban J connectivity index is 1.28. The van der Waals surface area contributed by atoms with Gasteiger partial charge in [-0.3, -0.25) is 5.10 Å². The standard InChI is InChI=1S/C23H32N8OSi/c1-29(21-11-17-12-27-28-20(17)13-24-21)18-5-7-30(14-18)22-19-6-8-31(23(19)26-15-25-22)16-32-9-10-33(2,3)4/h6,8,11-13,15,18H,5,7,9-10,14,16H2,1-4H3,(H,27,28)/t18-/m1/s1. The molecule has 5 rings (SSSR count). The van der Waals surface area contributed by atoms with Crippen molar-refractivity contribution in [2.75, 3.05) is 36.5 Å². The van der Waals surface area contributed by atoms with Gasteiger partial charge in [0.05, 0.1) is 23.3 Å². The molecule has 4 aromatic heterocycles. The molecule has 0 radical (unpaired) electrons. The molecular formula is C23H32N8OSi. The summed E-state index contributed by atoms with van der Waals surface area (Å²) in [6, 6.07) is 5.72. The van der Waals surface area contributed by atoms with Gasteiger partial charge in [0.2, 0.25) is 0 Å². The summed E-state index contributed by atoms with van der Waals surface area (Å²) < 4.78 is 8.03. The second-order valence-corrected chi connectivity index (χ2v) is 15.7. The summed E-state index contributed by atoms with van der Waals surface area (Å²) in [7, 11) is 1.03. The third-order valence-corrected chi connectivity index (χ3v) is 8.15. The second kappa shape index (κ2) is 8.75. The van der Waals surface area contributed by atoms with Crippen molar-refractivity contribution in [3.05, 3.63) is 37.1 Å². The summed E-state index contributed by atoms with van der Waals surface area (Å²) in [5.41, 5.74) is 1.88. The zero-order chi connectivity index (χ0) is 23.0. The summed E-state index contributed by atoms with van der Waals surface area (Å²) in [5, 5.41) is 9.22. The van der Waals surface area contributed by atoms with Gasteiger partial charge >= 0.3 is 0 Å². The maximum absolute atomic E-state index is 5.95. The van der Waals surface area contributed by atoms with E-state index in [-0.39, 0.29) is 0 Å². The van der Waals surface area contributed by atoms with Gasteiger partial charge in [0.25, 0.3) is 0 Å². The Morgan fingerprint density at radius 3 is 2.94 bits per heavy atom. The molecule has 5 heterocycles. The Bertz CT molecular complexity index is 1250. The van der Waals surface area contributed by atoms with Crippen LogP contribution < -0.4 is 9.80 Å². The highest BCUT2D eigenvalue weighted by atomic mass is 28.3. The van der Waals surface area contributed by atoms with E-state index in [2.05, 4.69) is 84.5 Å². The van der Waals surface area contributed by atoms with Crippen molar-refractivity contribution in [2.45, 2.75) is 44.9 Å². The number of hydrogen-bond acceptors (Lipinski definition) is 7. The van der Waals surface area contributed by atoms with E-state index in [9.17, 15) is 0 Å². The second-order valence-electron chi connectivity index (χ2n) is 10.1. The van der Waals surface area contributed by atoms with E-state index in [1.807, 2.05) is 12.4 Å². The lowest BCUT2D eigenvalue weighted by Crippen LogP contribution is -2.35. The van der Waals surface area contributed by atoms with E-state index in [1.165, 1.54) is 0 Å². The quantitative estimate of drug-likeness (QED) is 0.314. The van der Waals surface area contributed by atoms with Crippen molar-refractivity contribution < 1.29 is 4.74 Å². The number of ether oxygens (including phenoxy) is 1. The minimum absolute atomic E-state index is 0.360. The number of pyridine rings is 1. The van der Waals surface area contributed by atoms with E-state index in [1.54, 1.807) is 6.33 Å². The Hall–Kier alpha value is -2.98. The van der Waals surface area contributed by atoms with Crippen LogP contribution in [0.5, 0.6) is 0 Å². The maximum atomic E-state index is 5.95. The summed E-state index contributed by atoms with van der Waals surface area (Å²) >= 11 is 0. The van der Waals surface area contributed by atoms with Gasteiger partial charge in [0.1, 0.15) is 30.3 Å². The lowest BCUT2D eigenvalue weighted by atomic mass is 10.2. The molecule has 1 saturated heterocycles. The van der Waals surface area contributed by atoms with E-state index < -0.39 is 8.07 Å². The van der Waals surface area contributed by atoms with Crippen LogP contribution in [0.1, 0.15) is 6.42 Å². The van der Waals surface area contributed by atoms with Crippen molar-refractivity contribution in [3.8, 4) is 0 Å². The van der Waals surface area contributed by atoms with Crippen LogP contribution in [0.25, 0.3) is 21.9 Å². The van der Waals surface area contributed by atoms with E-state index in [4.69, 9.17) is 4.74 Å². The van der Waals surface area contributed by atoms with E-state index >= 15 is 0 Å². The first-order chi connectivity index (χ1) is 15.9. The zero-order valence-corrected chi connectivity index (χ0v) is 20.8. The predicted molar refractivity (Wildman–Crippen MR) is 135 cm³/mol. The molecule has 0 bridgehead atoms. The van der Waals surface area contributed by atoms with Gasteiger partial charge in [0.15, 0.2) is 0 Å². The number of likely N-dealkylation sites (N-methyl/N-ethyl adjacent to an activating group) is 1. The monoisotopic (exact) mass is 464 g/mol. The number of nitrogens with one attached hydrogen (secondary N) is 1. The van der Waals surface area contributed by atoms with Crippen LogP contribution >= 0.6 is 0 Å². The lowest BCUT2D eigenvalue weighted by Gasteiger charge is -2.26. The molecule has 0 spiro atoms. The highest BCUT2D eigenvalue weighted by molar-refractivity contribution is 6.76. The van der Waals surface area contributed by atoms with Gasteiger partial charge in [-0.1, -0.05) is 19.6 Å². The van der Waals surface area contributed by atoms with Gasteiger partial charge in [-0.05, 0) is 24.6 Å². The smallest absolute Gasteiger partial charge is 0.147 e. The van der Waals surface area contributed by atoms with E-state index in [0.29, 0.717) is 12.8 Å². The molecule has 1 aliphatic rings. The number of aromatic amines is 1. The van der Waals surface area contributed by atoms with Crippen molar-refractivity contribution in [1.82, 2.24) is 29.7 Å². The normalized spacial score (nSPS) is 16.8. The van der Waals surface area contributed by atoms with Gasteiger partial charge in [-0.25, -0.2) is 15.0 Å². The highest BCUT2D eigenvalue weighted by Gasteiger charge is 2.29. The Morgan fingerprint density at radius 1 is 1.21 bits per heavy atom. The minimum atomic E-state index is -1.09. The number of H-pyrrole nitrogens is 1. The number of rotatable bonds is 8. The number of fused-ring (bicyclic) bond motifs is 2. The molecule has 10 heteroatoms. The summed E-state index contributed by atoms with van der Waals surface area (Å²) in [6.07, 6.45) is 8.46. The van der Waals surface area contributed by atoms with Crippen molar-refractivity contribution in [1.29, 1.82) is 0 Å². The van der Waals surface area contributed by atoms with Crippen LogP contribution in [0.2, 0.25) is 25.7 Å². The van der Waals surface area contributed by atoms with Crippen molar-refractivity contribution >= 4 is 41.6 Å². The van der Waals surface area contributed by atoms with Gasteiger partial charge in [-0.15, -0.1) is 0 Å². The molecular weight excluding hydrogens is 432 g/mol. The Labute approximate surface area is 194 Å². The van der Waals surface area contributed by atoms with Gasteiger partial charge in [0, 0.05) is 52.4 Å². The number of hydrogen-bond donors (Lipinski definition) is 1. The average molecular weight is 465 g/mol. The fourth-order valence-electron chi connectivity index (χ4n) is 4.35. The molecule has 33 heavy (non-hydrogen) atoms. The van der Waals surface area contributed by atoms with E-state index in [0.717, 1.165) is 65.7 Å². The molecule has 1 atom stereocenters. The molecule has 174 valence electrons. The largest absolute Gasteiger partial charge is 0.361 e. The molecule has 0 unspecified atom stereocenters. The average Bonchev–Trinajstić information content (AvgIpc) is 3.54. The number of nitrogens with zero attached hydrogens (tertiary/aromatic N) is 7. The van der Waals surface area contributed by atoms with Crippen LogP contribution in [0.3, 0.4) is 0 Å². The molecule has 0 amide bonds. The SMILES string of the molecule is CN(c1cc2cn[nH]c2cn1)[C@@H]1CCN(c2ncnc3c2ccn3COCC[Si](C)(C)C)C1. The molecule has 1 fully saturated rings. The van der Waals surface area contributed by atoms with Crippen LogP contribution in [-0.2, 0) is 11.5 Å². The fraction of sp³-hybridized carbons (Fsp3) is 0.478. The molecule has 1 N–H and O–H groups in total. The third kappa shape index (κ3) is 4.58. The summed E-state index contributed by atoms with van der Waals surface area (Å²) in [6.45, 7) is 10.3. The zero-order valence-electron chi connectivity index (χ0n) is 19.8. The van der Waals surface area contributed by atoms with Crippen LogP contribution in [0.15, 0.2) is 37.1 Å². The topological polar surface area (TPSA) is 88.0 Å². The van der Waals surface area contributed by atoms with Crippen LogP contribution in [0.4, 0.5) is 11.6 Å². The Morgan fingerprint density at radius 2 is 2.09 bits per heavy atom. The molecule has 4 aromatic rings. The van der Waals surface area contributed by atoms with Crippen molar-refractivity contribution in [2.24, 2.45) is 0 Å². The lowest BCUT2D eigenvalue weighted by molar-refractivity contribution is 0.0899.